The van der Waals surface area contributed by atoms with Gasteiger partial charge in [0.1, 0.15) is 0 Å². The fourth-order valence-corrected chi connectivity index (χ4v) is 2.68. The van der Waals surface area contributed by atoms with Crippen LogP contribution < -0.4 is 5.32 Å². The lowest BCUT2D eigenvalue weighted by molar-refractivity contribution is 0.0931. The van der Waals surface area contributed by atoms with E-state index in [1.54, 1.807) is 0 Å². The van der Waals surface area contributed by atoms with Gasteiger partial charge in [0.25, 0.3) is 5.91 Å². The maximum Gasteiger partial charge on any atom is 0.251 e. The normalized spacial score (nSPS) is 15.5. The maximum absolute atomic E-state index is 12.4. The summed E-state index contributed by atoms with van der Waals surface area (Å²) in [6.07, 6.45) is 3.40. The summed E-state index contributed by atoms with van der Waals surface area (Å²) in [6, 6.07) is 18.3. The van der Waals surface area contributed by atoms with Crippen LogP contribution in [0.2, 0.25) is 0 Å². The van der Waals surface area contributed by atoms with Crippen molar-refractivity contribution < 1.29 is 4.79 Å². The van der Waals surface area contributed by atoms with Crippen molar-refractivity contribution in [3.8, 4) is 0 Å². The van der Waals surface area contributed by atoms with Gasteiger partial charge in [-0.3, -0.25) is 4.79 Å². The number of hydrogen-bond donors (Lipinski definition) is 1. The minimum atomic E-state index is 0.0263. The average Bonchev–Trinajstić information content (AvgIpc) is 3.38. The molecule has 1 amide bonds. The predicted octanol–water partition coefficient (Wildman–Crippen LogP) is 4.13. The minimum absolute atomic E-state index is 0.0263. The van der Waals surface area contributed by atoms with E-state index in [0.717, 1.165) is 12.0 Å². The van der Waals surface area contributed by atoms with Gasteiger partial charge in [-0.2, -0.15) is 0 Å². The molecule has 1 saturated carbocycles. The lowest BCUT2D eigenvalue weighted by Gasteiger charge is -2.19. The molecule has 21 heavy (non-hydrogen) atoms. The van der Waals surface area contributed by atoms with Crippen LogP contribution in [0.1, 0.15) is 47.3 Å². The molecule has 3 rings (SSSR count). The van der Waals surface area contributed by atoms with Crippen molar-refractivity contribution in [3.63, 3.8) is 0 Å². The van der Waals surface area contributed by atoms with Crippen LogP contribution in [0.15, 0.2) is 54.6 Å². The number of benzene rings is 2. The molecule has 0 saturated heterocycles. The molecule has 1 aliphatic rings. The molecule has 0 heterocycles. The van der Waals surface area contributed by atoms with Gasteiger partial charge in [0.15, 0.2) is 0 Å². The summed E-state index contributed by atoms with van der Waals surface area (Å²) in [5, 5.41) is 3.21. The van der Waals surface area contributed by atoms with Gasteiger partial charge in [0.05, 0.1) is 6.04 Å². The second-order valence-electron chi connectivity index (χ2n) is 5.75. The van der Waals surface area contributed by atoms with Crippen molar-refractivity contribution in [1.29, 1.82) is 0 Å². The van der Waals surface area contributed by atoms with Crippen LogP contribution in [0.4, 0.5) is 0 Å². The Morgan fingerprint density at radius 3 is 2.33 bits per heavy atom. The number of rotatable bonds is 5. The third-order valence-electron chi connectivity index (χ3n) is 4.16. The van der Waals surface area contributed by atoms with Gasteiger partial charge in [-0.05, 0) is 48.4 Å². The molecule has 1 atom stereocenters. The molecule has 0 bridgehead atoms. The Morgan fingerprint density at radius 1 is 1.10 bits per heavy atom. The van der Waals surface area contributed by atoms with Crippen molar-refractivity contribution in [2.45, 2.75) is 32.2 Å². The van der Waals surface area contributed by atoms with Gasteiger partial charge in [-0.1, -0.05) is 49.4 Å². The van der Waals surface area contributed by atoms with Crippen molar-refractivity contribution in [2.75, 3.05) is 0 Å². The van der Waals surface area contributed by atoms with E-state index >= 15 is 0 Å². The summed E-state index contributed by atoms with van der Waals surface area (Å²) in [7, 11) is 0. The number of amides is 1. The van der Waals surface area contributed by atoms with Crippen LogP contribution in [-0.4, -0.2) is 5.91 Å². The van der Waals surface area contributed by atoms with Crippen LogP contribution in [0.25, 0.3) is 0 Å². The number of aryl methyl sites for hydroxylation is 1. The number of hydrogen-bond acceptors (Lipinski definition) is 1. The van der Waals surface area contributed by atoms with E-state index < -0.39 is 0 Å². The molecule has 2 aromatic rings. The number of nitrogens with one attached hydrogen (secondary N) is 1. The summed E-state index contributed by atoms with van der Waals surface area (Å²) < 4.78 is 0. The zero-order chi connectivity index (χ0) is 14.7. The number of carbonyl (C=O) groups is 1. The Bertz CT molecular complexity index is 599. The topological polar surface area (TPSA) is 29.1 Å². The van der Waals surface area contributed by atoms with Crippen LogP contribution in [0.3, 0.4) is 0 Å². The second-order valence-corrected chi connectivity index (χ2v) is 5.75. The van der Waals surface area contributed by atoms with Crippen LogP contribution in [0.5, 0.6) is 0 Å². The molecule has 0 aliphatic heterocycles. The zero-order valence-corrected chi connectivity index (χ0v) is 12.4. The first-order chi connectivity index (χ1) is 10.3. The quantitative estimate of drug-likeness (QED) is 0.876. The monoisotopic (exact) mass is 279 g/mol. The molecule has 0 aromatic heterocycles. The Balaban J connectivity index is 1.74. The van der Waals surface area contributed by atoms with Crippen molar-refractivity contribution in [3.05, 3.63) is 71.3 Å². The molecule has 0 radical (unpaired) electrons. The Labute approximate surface area is 126 Å². The lowest BCUT2D eigenvalue weighted by atomic mass is 10.0. The van der Waals surface area contributed by atoms with Crippen molar-refractivity contribution in [2.24, 2.45) is 5.92 Å². The van der Waals surface area contributed by atoms with Crippen molar-refractivity contribution in [1.82, 2.24) is 5.32 Å². The zero-order valence-electron chi connectivity index (χ0n) is 12.4. The molecule has 108 valence electrons. The summed E-state index contributed by atoms with van der Waals surface area (Å²) in [4.78, 5) is 12.4. The Morgan fingerprint density at radius 2 is 1.76 bits per heavy atom. The molecule has 1 N–H and O–H groups in total. The predicted molar refractivity (Wildman–Crippen MR) is 85.2 cm³/mol. The van der Waals surface area contributed by atoms with Gasteiger partial charge >= 0.3 is 0 Å². The van der Waals surface area contributed by atoms with E-state index in [0.29, 0.717) is 5.92 Å². The highest BCUT2D eigenvalue weighted by Gasteiger charge is 2.33. The van der Waals surface area contributed by atoms with Gasteiger partial charge in [-0.25, -0.2) is 0 Å². The van der Waals surface area contributed by atoms with Crippen LogP contribution >= 0.6 is 0 Å². The highest BCUT2D eigenvalue weighted by atomic mass is 16.1. The first kappa shape index (κ1) is 13.9. The molecular formula is C19H21NO. The van der Waals surface area contributed by atoms with E-state index in [9.17, 15) is 4.79 Å². The standard InChI is InChI=1S/C19H21NO/c1-2-14-8-10-17(11-9-14)19(21)20-18(16-12-13-16)15-6-4-3-5-7-15/h3-11,16,18H,2,12-13H2,1H3,(H,20,21). The maximum atomic E-state index is 12.4. The molecular weight excluding hydrogens is 258 g/mol. The fraction of sp³-hybridized carbons (Fsp3) is 0.316. The Kier molecular flexibility index (Phi) is 4.05. The van der Waals surface area contributed by atoms with Crippen molar-refractivity contribution >= 4 is 5.91 Å². The summed E-state index contributed by atoms with van der Waals surface area (Å²) in [5.41, 5.74) is 3.21. The first-order valence-electron chi connectivity index (χ1n) is 7.72. The average molecular weight is 279 g/mol. The van der Waals surface area contributed by atoms with Gasteiger partial charge in [0, 0.05) is 5.56 Å². The molecule has 0 spiro atoms. The van der Waals surface area contributed by atoms with Gasteiger partial charge in [-0.15, -0.1) is 0 Å². The van der Waals surface area contributed by atoms with E-state index in [-0.39, 0.29) is 11.9 Å². The smallest absolute Gasteiger partial charge is 0.251 e. The SMILES string of the molecule is CCc1ccc(C(=O)NC(c2ccccc2)C2CC2)cc1. The van der Waals surface area contributed by atoms with E-state index in [2.05, 4.69) is 24.4 Å². The molecule has 1 unspecified atom stereocenters. The summed E-state index contributed by atoms with van der Waals surface area (Å²) in [6.45, 7) is 2.12. The first-order valence-corrected chi connectivity index (χ1v) is 7.72. The molecule has 1 aliphatic carbocycles. The molecule has 2 heteroatoms. The molecule has 1 fully saturated rings. The minimum Gasteiger partial charge on any atom is -0.345 e. The third-order valence-corrected chi connectivity index (χ3v) is 4.16. The number of carbonyl (C=O) groups excluding carboxylic acids is 1. The molecule has 2 aromatic carbocycles. The van der Waals surface area contributed by atoms with Crippen LogP contribution in [-0.2, 0) is 6.42 Å². The fourth-order valence-electron chi connectivity index (χ4n) is 2.68. The largest absolute Gasteiger partial charge is 0.345 e. The Hall–Kier alpha value is -2.09. The highest BCUT2D eigenvalue weighted by molar-refractivity contribution is 5.94. The highest BCUT2D eigenvalue weighted by Crippen LogP contribution is 2.41. The van der Waals surface area contributed by atoms with Gasteiger partial charge in [0.2, 0.25) is 0 Å². The lowest BCUT2D eigenvalue weighted by Crippen LogP contribution is -2.29. The molecule has 2 nitrogen and oxygen atoms in total. The van der Waals surface area contributed by atoms with E-state index in [1.807, 2.05) is 42.5 Å². The van der Waals surface area contributed by atoms with E-state index in [1.165, 1.54) is 24.0 Å². The van der Waals surface area contributed by atoms with E-state index in [4.69, 9.17) is 0 Å². The van der Waals surface area contributed by atoms with Gasteiger partial charge < -0.3 is 5.32 Å². The second kappa shape index (κ2) is 6.13. The summed E-state index contributed by atoms with van der Waals surface area (Å²) in [5.74, 6) is 0.615. The van der Waals surface area contributed by atoms with Crippen LogP contribution in [0, 0.1) is 5.92 Å². The third kappa shape index (κ3) is 3.33. The summed E-state index contributed by atoms with van der Waals surface area (Å²) >= 11 is 0.